The first-order valence-corrected chi connectivity index (χ1v) is 7.00. The lowest BCUT2D eigenvalue weighted by molar-refractivity contribution is 0.0822. The number of carbonyl (C=O) groups excluding carboxylic acids is 1. The summed E-state index contributed by atoms with van der Waals surface area (Å²) in [6, 6.07) is 3.61. The van der Waals surface area contributed by atoms with Crippen molar-refractivity contribution in [3.05, 3.63) is 24.0 Å². The van der Waals surface area contributed by atoms with Gasteiger partial charge in [-0.1, -0.05) is 13.8 Å². The molecule has 0 spiro atoms. The summed E-state index contributed by atoms with van der Waals surface area (Å²) < 4.78 is 5.53. The van der Waals surface area contributed by atoms with Crippen LogP contribution < -0.4 is 5.32 Å². The van der Waals surface area contributed by atoms with Crippen molar-refractivity contribution in [3.8, 4) is 0 Å². The Morgan fingerprint density at radius 3 is 2.80 bits per heavy atom. The van der Waals surface area contributed by atoms with E-state index in [0.717, 1.165) is 25.3 Å². The maximum Gasteiger partial charge on any atom is 0.272 e. The lowest BCUT2D eigenvalue weighted by Crippen LogP contribution is -2.22. The first kappa shape index (κ1) is 16.4. The number of rotatable bonds is 8. The number of carbonyl (C=O) groups is 1. The highest BCUT2D eigenvalue weighted by atomic mass is 16.5. The topological polar surface area (TPSA) is 54.5 Å². The van der Waals surface area contributed by atoms with E-state index in [1.807, 2.05) is 6.07 Å². The van der Waals surface area contributed by atoms with E-state index in [9.17, 15) is 4.79 Å². The monoisotopic (exact) mass is 279 g/mol. The average Bonchev–Trinajstić information content (AvgIpc) is 2.41. The Bertz CT molecular complexity index is 419. The van der Waals surface area contributed by atoms with Gasteiger partial charge in [0.25, 0.3) is 5.91 Å². The number of aromatic nitrogens is 1. The molecular weight excluding hydrogens is 254 g/mol. The van der Waals surface area contributed by atoms with Crippen molar-refractivity contribution >= 4 is 11.6 Å². The Balaban J connectivity index is 2.34. The number of hydrogen-bond donors (Lipinski definition) is 1. The molecule has 0 saturated heterocycles. The van der Waals surface area contributed by atoms with Crippen molar-refractivity contribution < 1.29 is 9.53 Å². The van der Waals surface area contributed by atoms with Crippen LogP contribution >= 0.6 is 0 Å². The van der Waals surface area contributed by atoms with Gasteiger partial charge in [0.1, 0.15) is 5.69 Å². The molecular formula is C15H25N3O2. The summed E-state index contributed by atoms with van der Waals surface area (Å²) >= 11 is 0. The summed E-state index contributed by atoms with van der Waals surface area (Å²) in [6.07, 6.45) is 2.72. The van der Waals surface area contributed by atoms with Crippen molar-refractivity contribution in [1.82, 2.24) is 9.88 Å². The van der Waals surface area contributed by atoms with Gasteiger partial charge in [-0.05, 0) is 24.5 Å². The van der Waals surface area contributed by atoms with Crippen LogP contribution in [-0.4, -0.2) is 49.6 Å². The van der Waals surface area contributed by atoms with E-state index in [1.165, 1.54) is 4.90 Å². The molecule has 5 heteroatoms. The van der Waals surface area contributed by atoms with Crippen molar-refractivity contribution in [3.63, 3.8) is 0 Å². The quantitative estimate of drug-likeness (QED) is 0.742. The fourth-order valence-corrected chi connectivity index (χ4v) is 1.58. The normalized spacial score (nSPS) is 10.7. The number of amides is 1. The van der Waals surface area contributed by atoms with Crippen LogP contribution in [0.25, 0.3) is 0 Å². The lowest BCUT2D eigenvalue weighted by atomic mass is 10.1. The molecule has 5 nitrogen and oxygen atoms in total. The summed E-state index contributed by atoms with van der Waals surface area (Å²) in [7, 11) is 3.43. The van der Waals surface area contributed by atoms with E-state index < -0.39 is 0 Å². The Labute approximate surface area is 121 Å². The molecule has 1 amide bonds. The van der Waals surface area contributed by atoms with Gasteiger partial charge in [0.15, 0.2) is 0 Å². The first-order valence-electron chi connectivity index (χ1n) is 7.00. The standard InChI is InChI=1S/C15H25N3O2/c1-12(2)6-9-20-10-8-16-13-5-7-17-14(11-13)15(19)18(3)4/h5,7,11-12H,6,8-10H2,1-4H3,(H,16,17). The Kier molecular flexibility index (Phi) is 7.01. The summed E-state index contributed by atoms with van der Waals surface area (Å²) in [5.41, 5.74) is 1.33. The number of anilines is 1. The molecule has 0 bridgehead atoms. The number of hydrogen-bond acceptors (Lipinski definition) is 4. The van der Waals surface area contributed by atoms with Crippen LogP contribution in [0.15, 0.2) is 18.3 Å². The van der Waals surface area contributed by atoms with Crippen LogP contribution in [0.5, 0.6) is 0 Å². The molecule has 0 aromatic carbocycles. The van der Waals surface area contributed by atoms with E-state index in [-0.39, 0.29) is 5.91 Å². The van der Waals surface area contributed by atoms with Gasteiger partial charge in [-0.25, -0.2) is 0 Å². The largest absolute Gasteiger partial charge is 0.383 e. The molecule has 1 aromatic rings. The summed E-state index contributed by atoms with van der Waals surface area (Å²) in [5.74, 6) is 0.574. The Morgan fingerprint density at radius 2 is 2.15 bits per heavy atom. The summed E-state index contributed by atoms with van der Waals surface area (Å²) in [4.78, 5) is 17.4. The van der Waals surface area contributed by atoms with Gasteiger partial charge in [-0.15, -0.1) is 0 Å². The molecule has 0 radical (unpaired) electrons. The zero-order valence-corrected chi connectivity index (χ0v) is 12.8. The number of nitrogens with zero attached hydrogens (tertiary/aromatic N) is 2. The number of pyridine rings is 1. The molecule has 1 N–H and O–H groups in total. The highest BCUT2D eigenvalue weighted by Crippen LogP contribution is 2.09. The molecule has 0 atom stereocenters. The third kappa shape index (κ3) is 6.02. The second-order valence-electron chi connectivity index (χ2n) is 5.35. The molecule has 0 aliphatic carbocycles. The predicted molar refractivity (Wildman–Crippen MR) is 81.0 cm³/mol. The van der Waals surface area contributed by atoms with Crippen LogP contribution in [0.3, 0.4) is 0 Å². The smallest absolute Gasteiger partial charge is 0.272 e. The molecule has 1 rings (SSSR count). The van der Waals surface area contributed by atoms with Crippen molar-refractivity contribution in [1.29, 1.82) is 0 Å². The van der Waals surface area contributed by atoms with Crippen LogP contribution in [0, 0.1) is 5.92 Å². The molecule has 112 valence electrons. The van der Waals surface area contributed by atoms with E-state index in [2.05, 4.69) is 24.1 Å². The minimum atomic E-state index is -0.0955. The Morgan fingerprint density at radius 1 is 1.40 bits per heavy atom. The molecule has 20 heavy (non-hydrogen) atoms. The summed E-state index contributed by atoms with van der Waals surface area (Å²) in [5, 5.41) is 3.23. The van der Waals surface area contributed by atoms with E-state index in [4.69, 9.17) is 4.74 Å². The van der Waals surface area contributed by atoms with Crippen LogP contribution in [0.4, 0.5) is 5.69 Å². The lowest BCUT2D eigenvalue weighted by Gasteiger charge is -2.11. The first-order chi connectivity index (χ1) is 9.50. The fraction of sp³-hybridized carbons (Fsp3) is 0.600. The maximum absolute atomic E-state index is 11.8. The molecule has 0 aliphatic rings. The van der Waals surface area contributed by atoms with Gasteiger partial charge in [-0.3, -0.25) is 9.78 Å². The summed E-state index contributed by atoms with van der Waals surface area (Å²) in [6.45, 7) is 6.54. The van der Waals surface area contributed by atoms with Gasteiger partial charge in [-0.2, -0.15) is 0 Å². The minimum absolute atomic E-state index is 0.0955. The second-order valence-corrected chi connectivity index (χ2v) is 5.35. The van der Waals surface area contributed by atoms with Gasteiger partial charge in [0.05, 0.1) is 6.61 Å². The van der Waals surface area contributed by atoms with Gasteiger partial charge in [0.2, 0.25) is 0 Å². The highest BCUT2D eigenvalue weighted by Gasteiger charge is 2.09. The highest BCUT2D eigenvalue weighted by molar-refractivity contribution is 5.92. The third-order valence-corrected chi connectivity index (χ3v) is 2.80. The number of ether oxygens (including phenoxy) is 1. The van der Waals surface area contributed by atoms with Crippen LogP contribution in [0.2, 0.25) is 0 Å². The Hall–Kier alpha value is -1.62. The van der Waals surface area contributed by atoms with Crippen molar-refractivity contribution in [2.45, 2.75) is 20.3 Å². The minimum Gasteiger partial charge on any atom is -0.383 e. The third-order valence-electron chi connectivity index (χ3n) is 2.80. The molecule has 0 fully saturated rings. The number of nitrogens with one attached hydrogen (secondary N) is 1. The average molecular weight is 279 g/mol. The maximum atomic E-state index is 11.8. The SMILES string of the molecule is CC(C)CCOCCNc1ccnc(C(=O)N(C)C)c1. The predicted octanol–water partition coefficient (Wildman–Crippen LogP) is 2.26. The van der Waals surface area contributed by atoms with E-state index in [0.29, 0.717) is 18.2 Å². The van der Waals surface area contributed by atoms with Crippen LogP contribution in [-0.2, 0) is 4.74 Å². The van der Waals surface area contributed by atoms with Gasteiger partial charge in [0, 0.05) is 39.1 Å². The molecule has 1 heterocycles. The zero-order chi connectivity index (χ0) is 15.0. The fourth-order valence-electron chi connectivity index (χ4n) is 1.58. The second kappa shape index (κ2) is 8.53. The van der Waals surface area contributed by atoms with Gasteiger partial charge >= 0.3 is 0 Å². The van der Waals surface area contributed by atoms with E-state index >= 15 is 0 Å². The van der Waals surface area contributed by atoms with E-state index in [1.54, 1.807) is 26.4 Å². The van der Waals surface area contributed by atoms with Gasteiger partial charge < -0.3 is 15.0 Å². The van der Waals surface area contributed by atoms with Crippen molar-refractivity contribution in [2.24, 2.45) is 5.92 Å². The zero-order valence-electron chi connectivity index (χ0n) is 12.8. The molecule has 0 saturated carbocycles. The molecule has 0 unspecified atom stereocenters. The van der Waals surface area contributed by atoms with Crippen LogP contribution in [0.1, 0.15) is 30.8 Å². The molecule has 1 aromatic heterocycles. The molecule has 0 aliphatic heterocycles. The van der Waals surface area contributed by atoms with Crippen molar-refractivity contribution in [2.75, 3.05) is 39.2 Å².